The Morgan fingerprint density at radius 1 is 0.972 bits per heavy atom. The summed E-state index contributed by atoms with van der Waals surface area (Å²) < 4.78 is 0. The van der Waals surface area contributed by atoms with E-state index in [1.165, 1.54) is 36.4 Å². The molecule has 1 heterocycles. The van der Waals surface area contributed by atoms with Gasteiger partial charge in [-0.2, -0.15) is 5.01 Å². The Morgan fingerprint density at radius 3 is 2.11 bits per heavy atom. The summed E-state index contributed by atoms with van der Waals surface area (Å²) in [6.07, 6.45) is 5.05. The topological polar surface area (TPSA) is 118 Å². The molecule has 5 aliphatic rings. The number of Topliss-reactive ketones (excluding diaryl/α,β-unsaturated/α-hetero) is 1. The number of hydrogen-bond acceptors (Lipinski definition) is 6. The molecule has 7 rings (SSSR count). The normalized spacial score (nSPS) is 29.1. The number of carbonyl (C=O) groups is 4. The van der Waals surface area contributed by atoms with Crippen LogP contribution < -0.4 is 0 Å². The Bertz CT molecular complexity index is 1340. The third-order valence-corrected chi connectivity index (χ3v) is 8.24. The van der Waals surface area contributed by atoms with Gasteiger partial charge in [-0.3, -0.25) is 29.3 Å². The number of rotatable bonds is 6. The Balaban J connectivity index is 1.36. The van der Waals surface area contributed by atoms with Crippen LogP contribution in [0, 0.1) is 45.6 Å². The number of ketones is 1. The van der Waals surface area contributed by atoms with Crippen LogP contribution in [0.15, 0.2) is 60.7 Å². The number of non-ortho nitro benzene ring substituents is 1. The zero-order valence-electron chi connectivity index (χ0n) is 18.8. The van der Waals surface area contributed by atoms with E-state index in [9.17, 15) is 29.3 Å². The predicted molar refractivity (Wildman–Crippen MR) is 126 cm³/mol. The molecular formula is C26H20ClN3O6. The molecule has 3 fully saturated rings. The Morgan fingerprint density at radius 2 is 1.56 bits per heavy atom. The van der Waals surface area contributed by atoms with Crippen LogP contribution >= 0.6 is 11.6 Å². The number of halogens is 1. The van der Waals surface area contributed by atoms with Gasteiger partial charge in [0, 0.05) is 17.7 Å². The average molecular weight is 506 g/mol. The molecule has 2 aromatic carbocycles. The molecule has 10 heteroatoms. The lowest BCUT2D eigenvalue weighted by atomic mass is 9.63. The number of carbonyl (C=O) groups excluding carboxylic acids is 4. The molecule has 3 amide bonds. The highest BCUT2D eigenvalue weighted by Gasteiger charge is 2.68. The number of benzene rings is 2. The van der Waals surface area contributed by atoms with E-state index >= 15 is 0 Å². The van der Waals surface area contributed by atoms with Crippen LogP contribution in [0.1, 0.15) is 27.1 Å². The van der Waals surface area contributed by atoms with Crippen molar-refractivity contribution in [3.63, 3.8) is 0 Å². The second-order valence-corrected chi connectivity index (χ2v) is 10.1. The van der Waals surface area contributed by atoms with Crippen LogP contribution in [0.4, 0.5) is 5.69 Å². The predicted octanol–water partition coefficient (Wildman–Crippen LogP) is 3.54. The van der Waals surface area contributed by atoms with E-state index in [1.54, 1.807) is 12.1 Å². The van der Waals surface area contributed by atoms with Gasteiger partial charge in [-0.05, 0) is 54.4 Å². The lowest BCUT2D eigenvalue weighted by Crippen LogP contribution is -2.52. The molecule has 2 saturated carbocycles. The molecule has 9 nitrogen and oxygen atoms in total. The molecule has 4 aliphatic carbocycles. The van der Waals surface area contributed by atoms with Gasteiger partial charge in [0.1, 0.15) is 6.54 Å². The maximum absolute atomic E-state index is 13.7. The molecule has 0 spiro atoms. The molecule has 0 unspecified atom stereocenters. The maximum atomic E-state index is 13.7. The van der Waals surface area contributed by atoms with E-state index in [-0.39, 0.29) is 33.7 Å². The summed E-state index contributed by atoms with van der Waals surface area (Å²) >= 11 is 6.25. The minimum Gasteiger partial charge on any atom is -0.292 e. The highest BCUT2D eigenvalue weighted by Crippen LogP contribution is 2.65. The molecule has 2 bridgehead atoms. The van der Waals surface area contributed by atoms with Crippen molar-refractivity contribution < 1.29 is 24.1 Å². The Kier molecular flexibility index (Phi) is 5.08. The van der Waals surface area contributed by atoms with Crippen molar-refractivity contribution in [1.82, 2.24) is 10.0 Å². The van der Waals surface area contributed by atoms with E-state index in [0.717, 1.165) is 16.4 Å². The van der Waals surface area contributed by atoms with Crippen LogP contribution in [0.25, 0.3) is 0 Å². The Labute approximate surface area is 210 Å². The number of imide groups is 1. The van der Waals surface area contributed by atoms with Crippen molar-refractivity contribution in [2.75, 3.05) is 6.54 Å². The molecule has 0 radical (unpaired) electrons. The fourth-order valence-electron chi connectivity index (χ4n) is 6.18. The highest BCUT2D eigenvalue weighted by atomic mass is 35.5. The van der Waals surface area contributed by atoms with E-state index in [1.807, 2.05) is 12.2 Å². The first-order valence-corrected chi connectivity index (χ1v) is 12.1. The number of allylic oxidation sites excluding steroid dienone is 2. The van der Waals surface area contributed by atoms with Crippen molar-refractivity contribution in [1.29, 1.82) is 0 Å². The molecule has 1 saturated heterocycles. The SMILES string of the molecule is O=C(CN(C(=O)c1ccccc1Cl)N1C(=O)[C@@H]2[C@H]3C=C[C@@H]([C@@H]4C[C@H]34)[C@@H]2C1=O)c1ccc([N+](=O)[O-])cc1. The maximum Gasteiger partial charge on any atom is 0.274 e. The zero-order valence-corrected chi connectivity index (χ0v) is 19.6. The summed E-state index contributed by atoms with van der Waals surface area (Å²) in [6.45, 7) is -0.603. The lowest BCUT2D eigenvalue weighted by molar-refractivity contribution is -0.384. The van der Waals surface area contributed by atoms with E-state index in [2.05, 4.69) is 0 Å². The van der Waals surface area contributed by atoms with Crippen LogP contribution in [0.2, 0.25) is 5.02 Å². The van der Waals surface area contributed by atoms with Crippen LogP contribution in [0.5, 0.6) is 0 Å². The second-order valence-electron chi connectivity index (χ2n) is 9.71. The number of hydrazine groups is 1. The average Bonchev–Trinajstić information content (AvgIpc) is 3.66. The van der Waals surface area contributed by atoms with Crippen molar-refractivity contribution in [3.05, 3.63) is 86.9 Å². The number of nitrogens with zero attached hydrogens (tertiary/aromatic N) is 3. The van der Waals surface area contributed by atoms with Gasteiger partial charge in [-0.25, -0.2) is 5.01 Å². The quantitative estimate of drug-likeness (QED) is 0.195. The van der Waals surface area contributed by atoms with Gasteiger partial charge < -0.3 is 0 Å². The van der Waals surface area contributed by atoms with Crippen LogP contribution in [-0.2, 0) is 9.59 Å². The second kappa shape index (κ2) is 8.09. The number of nitro benzene ring substituents is 1. The fourth-order valence-corrected chi connectivity index (χ4v) is 6.40. The van der Waals surface area contributed by atoms with Crippen molar-refractivity contribution in [3.8, 4) is 0 Å². The highest BCUT2D eigenvalue weighted by molar-refractivity contribution is 6.34. The van der Waals surface area contributed by atoms with Crippen LogP contribution in [-0.4, -0.2) is 45.0 Å². The molecular weight excluding hydrogens is 486 g/mol. The minimum atomic E-state index is -0.748. The molecule has 6 atom stereocenters. The third-order valence-electron chi connectivity index (χ3n) is 7.91. The van der Waals surface area contributed by atoms with Gasteiger partial charge in [-0.1, -0.05) is 35.9 Å². The summed E-state index contributed by atoms with van der Waals surface area (Å²) in [5.74, 6) is -2.72. The summed E-state index contributed by atoms with van der Waals surface area (Å²) in [6, 6.07) is 11.1. The smallest absolute Gasteiger partial charge is 0.274 e. The molecule has 2 aromatic rings. The fraction of sp³-hybridized carbons (Fsp3) is 0.308. The van der Waals surface area contributed by atoms with Gasteiger partial charge in [0.2, 0.25) is 0 Å². The number of nitro groups is 1. The van der Waals surface area contributed by atoms with E-state index in [4.69, 9.17) is 11.6 Å². The van der Waals surface area contributed by atoms with Crippen molar-refractivity contribution in [2.24, 2.45) is 35.5 Å². The molecule has 0 aromatic heterocycles. The molecule has 0 N–H and O–H groups in total. The van der Waals surface area contributed by atoms with Gasteiger partial charge in [0.15, 0.2) is 5.78 Å². The summed E-state index contributed by atoms with van der Waals surface area (Å²) in [5, 5.41) is 12.8. The van der Waals surface area contributed by atoms with E-state index in [0.29, 0.717) is 11.8 Å². The van der Waals surface area contributed by atoms with Crippen molar-refractivity contribution >= 4 is 40.8 Å². The Hall–Kier alpha value is -3.85. The standard InChI is InChI=1S/C26H20ClN3O6/c27-20-4-2-1-3-17(20)24(32)28(12-21(31)13-5-7-14(8-6-13)30(35)36)29-25(33)22-15-9-10-16(19-11-18(15)19)23(22)26(29)34/h1-10,15-16,18-19,22-23H,11-12H2/t15-,16-,18-,19+,22-,23+/m0/s1. The van der Waals surface area contributed by atoms with Gasteiger partial charge >= 0.3 is 0 Å². The summed E-state index contributed by atoms with van der Waals surface area (Å²) in [7, 11) is 0. The van der Waals surface area contributed by atoms with Crippen LogP contribution in [0.3, 0.4) is 0 Å². The molecule has 182 valence electrons. The zero-order chi connectivity index (χ0) is 25.3. The van der Waals surface area contributed by atoms with Gasteiger partial charge in [0.25, 0.3) is 23.4 Å². The first-order chi connectivity index (χ1) is 17.3. The number of hydrogen-bond donors (Lipinski definition) is 0. The van der Waals surface area contributed by atoms with E-state index < -0.39 is 46.8 Å². The monoisotopic (exact) mass is 505 g/mol. The third kappa shape index (κ3) is 3.30. The summed E-state index contributed by atoms with van der Waals surface area (Å²) in [5.41, 5.74) is -0.0294. The summed E-state index contributed by atoms with van der Waals surface area (Å²) in [4.78, 5) is 64.5. The first kappa shape index (κ1) is 22.6. The number of amides is 3. The molecule has 36 heavy (non-hydrogen) atoms. The van der Waals surface area contributed by atoms with Gasteiger partial charge in [0.05, 0.1) is 27.3 Å². The van der Waals surface area contributed by atoms with Crippen molar-refractivity contribution in [2.45, 2.75) is 6.42 Å². The largest absolute Gasteiger partial charge is 0.292 e. The van der Waals surface area contributed by atoms with Gasteiger partial charge in [-0.15, -0.1) is 0 Å². The lowest BCUT2D eigenvalue weighted by Gasteiger charge is -2.37. The molecule has 1 aliphatic heterocycles. The minimum absolute atomic E-state index is 0.0471. The first-order valence-electron chi connectivity index (χ1n) is 11.7.